The first-order valence-corrected chi connectivity index (χ1v) is 21.1. The minimum atomic E-state index is -0.370. The Morgan fingerprint density at radius 1 is 0.274 bits per heavy atom. The zero-order valence-corrected chi connectivity index (χ0v) is 33.5. The number of aromatic nitrogens is 3. The number of hydrogen-bond acceptors (Lipinski definition) is 4. The summed E-state index contributed by atoms with van der Waals surface area (Å²) in [5.74, 6) is 1.82. The lowest BCUT2D eigenvalue weighted by molar-refractivity contribution is 0.669. The molecule has 0 unspecified atom stereocenters. The van der Waals surface area contributed by atoms with Crippen LogP contribution in [-0.4, -0.2) is 15.0 Å². The minimum absolute atomic E-state index is 0.370. The highest BCUT2D eigenvalue weighted by molar-refractivity contribution is 6.05. The Morgan fingerprint density at radius 3 is 1.39 bits per heavy atom. The van der Waals surface area contributed by atoms with Gasteiger partial charge in [0.25, 0.3) is 0 Å². The summed E-state index contributed by atoms with van der Waals surface area (Å²) in [4.78, 5) is 15.1. The first-order chi connectivity index (χ1) is 30.7. The molecule has 0 aliphatic heterocycles. The summed E-state index contributed by atoms with van der Waals surface area (Å²) in [6.07, 6.45) is 0. The molecule has 0 saturated carbocycles. The Labute approximate surface area is 358 Å². The van der Waals surface area contributed by atoms with Crippen molar-refractivity contribution < 1.29 is 4.42 Å². The first-order valence-electron chi connectivity index (χ1n) is 21.1. The highest BCUT2D eigenvalue weighted by Crippen LogP contribution is 2.63. The van der Waals surface area contributed by atoms with Gasteiger partial charge in [-0.25, -0.2) is 15.0 Å². The molecule has 0 atom stereocenters. The minimum Gasteiger partial charge on any atom is -0.456 e. The monoisotopic (exact) mass is 789 g/mol. The summed E-state index contributed by atoms with van der Waals surface area (Å²) >= 11 is 0. The highest BCUT2D eigenvalue weighted by atomic mass is 16.3. The van der Waals surface area contributed by atoms with Crippen LogP contribution in [0.1, 0.15) is 22.3 Å². The van der Waals surface area contributed by atoms with Crippen LogP contribution in [0, 0.1) is 0 Å². The van der Waals surface area contributed by atoms with Crippen molar-refractivity contribution in [2.75, 3.05) is 0 Å². The fourth-order valence-electron chi connectivity index (χ4n) is 10.2. The zero-order chi connectivity index (χ0) is 40.8. The summed E-state index contributed by atoms with van der Waals surface area (Å²) in [5, 5.41) is 2.16. The molecule has 62 heavy (non-hydrogen) atoms. The standard InChI is InChI=1S/C58H35N3O/c1-2-13-38(14-3-1)55-59-56(61-57(60-55)42-30-32-48-47-20-7-11-24-53(47)62-54(48)35-42)41-16-12-15-39(33-41)36-25-27-37(28-26-36)40-29-31-46-45-19-6-10-23-51(45)58(52(46)34-40)49-21-8-4-17-43(49)44-18-5-9-22-50(44)58/h1-35H. The second-order valence-corrected chi connectivity index (χ2v) is 16.3. The van der Waals surface area contributed by atoms with Gasteiger partial charge in [-0.2, -0.15) is 0 Å². The second-order valence-electron chi connectivity index (χ2n) is 16.3. The van der Waals surface area contributed by atoms with Gasteiger partial charge >= 0.3 is 0 Å². The van der Waals surface area contributed by atoms with Crippen LogP contribution in [0.25, 0.3) is 101 Å². The largest absolute Gasteiger partial charge is 0.456 e. The molecule has 0 fully saturated rings. The lowest BCUT2D eigenvalue weighted by Gasteiger charge is -2.30. The van der Waals surface area contributed by atoms with Crippen LogP contribution in [0.5, 0.6) is 0 Å². The van der Waals surface area contributed by atoms with E-state index in [4.69, 9.17) is 19.4 Å². The van der Waals surface area contributed by atoms with Crippen LogP contribution in [0.3, 0.4) is 0 Å². The maximum absolute atomic E-state index is 6.25. The van der Waals surface area contributed by atoms with Crippen molar-refractivity contribution in [3.8, 4) is 78.7 Å². The zero-order valence-electron chi connectivity index (χ0n) is 33.5. The average molecular weight is 790 g/mol. The van der Waals surface area contributed by atoms with Gasteiger partial charge in [0, 0.05) is 27.5 Å². The molecule has 0 radical (unpaired) electrons. The molecule has 0 amide bonds. The van der Waals surface area contributed by atoms with Crippen molar-refractivity contribution in [2.24, 2.45) is 0 Å². The van der Waals surface area contributed by atoms with E-state index in [2.05, 4.69) is 158 Å². The normalized spacial score (nSPS) is 13.0. The van der Waals surface area contributed by atoms with E-state index < -0.39 is 0 Å². The number of benzene rings is 9. The average Bonchev–Trinajstić information content (AvgIpc) is 3.98. The quantitative estimate of drug-likeness (QED) is 0.174. The van der Waals surface area contributed by atoms with Crippen molar-refractivity contribution >= 4 is 21.9 Å². The van der Waals surface area contributed by atoms with Gasteiger partial charge in [-0.1, -0.05) is 182 Å². The summed E-state index contributed by atoms with van der Waals surface area (Å²) in [5.41, 5.74) is 19.2. The van der Waals surface area contributed by atoms with Crippen LogP contribution in [0.15, 0.2) is 217 Å². The molecule has 4 nitrogen and oxygen atoms in total. The third-order valence-electron chi connectivity index (χ3n) is 13.0. The van der Waals surface area contributed by atoms with Gasteiger partial charge in [-0.05, 0) is 97.1 Å². The summed E-state index contributed by atoms with van der Waals surface area (Å²) in [6, 6.07) is 75.8. The first kappa shape index (κ1) is 34.6. The van der Waals surface area contributed by atoms with Crippen LogP contribution in [-0.2, 0) is 5.41 Å². The molecule has 1 spiro atoms. The van der Waals surface area contributed by atoms with Crippen LogP contribution in [0.4, 0.5) is 0 Å². The second kappa shape index (κ2) is 13.4. The number of rotatable bonds is 5. The number of nitrogens with zero attached hydrogens (tertiary/aromatic N) is 3. The molecule has 4 heteroatoms. The predicted octanol–water partition coefficient (Wildman–Crippen LogP) is 14.4. The van der Waals surface area contributed by atoms with Gasteiger partial charge in [0.15, 0.2) is 17.5 Å². The van der Waals surface area contributed by atoms with Crippen molar-refractivity contribution in [3.63, 3.8) is 0 Å². The molecular weight excluding hydrogens is 755 g/mol. The van der Waals surface area contributed by atoms with E-state index in [9.17, 15) is 0 Å². The number of furan rings is 1. The Bertz CT molecular complexity index is 3520. The molecule has 2 aromatic heterocycles. The maximum atomic E-state index is 6.25. The number of hydrogen-bond donors (Lipinski definition) is 0. The summed E-state index contributed by atoms with van der Waals surface area (Å²) in [6.45, 7) is 0. The Morgan fingerprint density at radius 2 is 0.726 bits per heavy atom. The lowest BCUT2D eigenvalue weighted by Crippen LogP contribution is -2.25. The molecule has 2 aliphatic carbocycles. The molecule has 288 valence electrons. The Balaban J connectivity index is 0.879. The highest BCUT2D eigenvalue weighted by Gasteiger charge is 2.51. The Kier molecular flexibility index (Phi) is 7.49. The third-order valence-corrected chi connectivity index (χ3v) is 13.0. The van der Waals surface area contributed by atoms with E-state index in [0.717, 1.165) is 49.8 Å². The summed E-state index contributed by atoms with van der Waals surface area (Å²) < 4.78 is 6.25. The third kappa shape index (κ3) is 5.10. The molecule has 0 N–H and O–H groups in total. The molecule has 0 saturated heterocycles. The topological polar surface area (TPSA) is 51.8 Å². The number of para-hydroxylation sites is 1. The van der Waals surface area contributed by atoms with Gasteiger partial charge in [-0.3, -0.25) is 0 Å². The molecule has 2 heterocycles. The number of fused-ring (bicyclic) bond motifs is 13. The van der Waals surface area contributed by atoms with Crippen molar-refractivity contribution in [2.45, 2.75) is 5.41 Å². The van der Waals surface area contributed by atoms with Crippen molar-refractivity contribution in [1.82, 2.24) is 15.0 Å². The fraction of sp³-hybridized carbons (Fsp3) is 0.0172. The van der Waals surface area contributed by atoms with Gasteiger partial charge in [-0.15, -0.1) is 0 Å². The molecular formula is C58H35N3O. The molecule has 9 aromatic carbocycles. The Hall–Kier alpha value is -8.21. The van der Waals surface area contributed by atoms with E-state index in [-0.39, 0.29) is 5.41 Å². The van der Waals surface area contributed by atoms with E-state index >= 15 is 0 Å². The molecule has 0 bridgehead atoms. The molecule has 2 aliphatic rings. The van der Waals surface area contributed by atoms with Crippen LogP contribution < -0.4 is 0 Å². The molecule has 11 aromatic rings. The smallest absolute Gasteiger partial charge is 0.164 e. The van der Waals surface area contributed by atoms with Gasteiger partial charge in [0.2, 0.25) is 0 Å². The fourth-order valence-corrected chi connectivity index (χ4v) is 10.2. The van der Waals surface area contributed by atoms with Crippen LogP contribution in [0.2, 0.25) is 0 Å². The summed E-state index contributed by atoms with van der Waals surface area (Å²) in [7, 11) is 0. The lowest BCUT2D eigenvalue weighted by atomic mass is 9.70. The van der Waals surface area contributed by atoms with Crippen molar-refractivity contribution in [1.29, 1.82) is 0 Å². The van der Waals surface area contributed by atoms with E-state index in [1.54, 1.807) is 0 Å². The van der Waals surface area contributed by atoms with Gasteiger partial charge < -0.3 is 4.42 Å². The van der Waals surface area contributed by atoms with Crippen LogP contribution >= 0.6 is 0 Å². The van der Waals surface area contributed by atoms with E-state index in [0.29, 0.717) is 17.5 Å². The van der Waals surface area contributed by atoms with Gasteiger partial charge in [0.05, 0.1) is 5.41 Å². The molecule has 13 rings (SSSR count). The van der Waals surface area contributed by atoms with Gasteiger partial charge in [0.1, 0.15) is 11.2 Å². The van der Waals surface area contributed by atoms with Crippen molar-refractivity contribution in [3.05, 3.63) is 235 Å². The SMILES string of the molecule is c1ccc(-c2nc(-c3cccc(-c4ccc(-c5ccc6c(c5)C5(c7ccccc7-c7ccccc75)c5ccccc5-6)cc4)c3)nc(-c3ccc4c(c3)oc3ccccc34)n2)cc1. The predicted molar refractivity (Wildman–Crippen MR) is 251 cm³/mol. The maximum Gasteiger partial charge on any atom is 0.164 e. The van der Waals surface area contributed by atoms with E-state index in [1.165, 1.54) is 55.6 Å². The van der Waals surface area contributed by atoms with E-state index in [1.807, 2.05) is 54.6 Å².